The fourth-order valence-corrected chi connectivity index (χ4v) is 11.6. The number of nitrogens with zero attached hydrogens (tertiary/aromatic N) is 7. The Morgan fingerprint density at radius 1 is 0.840 bits per heavy atom. The van der Waals surface area contributed by atoms with E-state index in [4.69, 9.17) is 9.47 Å². The molecule has 6 heterocycles. The fourth-order valence-electron chi connectivity index (χ4n) is 11.6. The predicted molar refractivity (Wildman–Crippen MR) is 286 cm³/mol. The molecule has 0 unspecified atom stereocenters. The Kier molecular flexibility index (Phi) is 15.0. The summed E-state index contributed by atoms with van der Waals surface area (Å²) in [5.41, 5.74) is 10.1. The van der Waals surface area contributed by atoms with Gasteiger partial charge < -0.3 is 43.7 Å². The van der Waals surface area contributed by atoms with Gasteiger partial charge in [-0.3, -0.25) is 19.3 Å². The molecular formula is C60H67FN8O6. The third-order valence-corrected chi connectivity index (χ3v) is 16.2. The summed E-state index contributed by atoms with van der Waals surface area (Å²) in [5.74, 6) is -0.788. The van der Waals surface area contributed by atoms with E-state index in [1.807, 2.05) is 54.1 Å². The third-order valence-electron chi connectivity index (χ3n) is 16.2. The number of nitrogens with one attached hydrogen (secondary N) is 1. The molecule has 75 heavy (non-hydrogen) atoms. The lowest BCUT2D eigenvalue weighted by Crippen LogP contribution is -2.51. The molecule has 2 N–H and O–H groups in total. The van der Waals surface area contributed by atoms with Gasteiger partial charge in [0.1, 0.15) is 35.7 Å². The average Bonchev–Trinajstić information content (AvgIpc) is 3.91. The predicted octanol–water partition coefficient (Wildman–Crippen LogP) is 8.56. The number of amides is 3. The molecule has 6 aromatic rings. The maximum Gasteiger partial charge on any atom is 0.258 e. The normalized spacial score (nSPS) is 17.5. The van der Waals surface area contributed by atoms with Crippen LogP contribution in [-0.4, -0.2) is 123 Å². The topological polar surface area (TPSA) is 149 Å². The van der Waals surface area contributed by atoms with Crippen molar-refractivity contribution in [2.24, 2.45) is 14.1 Å². The Hall–Kier alpha value is -7.25. The highest BCUT2D eigenvalue weighted by atomic mass is 19.1. The Morgan fingerprint density at radius 2 is 1.59 bits per heavy atom. The van der Waals surface area contributed by atoms with Crippen LogP contribution in [0.15, 0.2) is 84.9 Å². The fraction of sp³-hybridized carbons (Fsp3) is 0.400. The lowest BCUT2D eigenvalue weighted by Gasteiger charge is -2.41. The summed E-state index contributed by atoms with van der Waals surface area (Å²) in [5, 5.41) is 23.4. The van der Waals surface area contributed by atoms with Gasteiger partial charge in [-0.2, -0.15) is 5.26 Å². The van der Waals surface area contributed by atoms with Crippen LogP contribution in [0.25, 0.3) is 22.4 Å². The van der Waals surface area contributed by atoms with E-state index in [1.54, 1.807) is 35.2 Å². The SMILES string of the molecule is Cc1c(-c2c(C(=O)Nc3ccc(O)cc3)c(C)n(C)c2-c2cc3c(cc2C(=O)N2Cc4ccccc4C[C@H]2CN2CCCCC2)CN(C(=O)Cc2ccc(OC[C@H](C)N4CCOCC4)cc2F)CC3)cc(C#N)n1C. The number of anilines is 1. The Labute approximate surface area is 438 Å². The van der Waals surface area contributed by atoms with E-state index in [1.165, 1.54) is 30.2 Å². The smallest absolute Gasteiger partial charge is 0.258 e. The lowest BCUT2D eigenvalue weighted by atomic mass is 9.87. The quantitative estimate of drug-likeness (QED) is 0.109. The summed E-state index contributed by atoms with van der Waals surface area (Å²) in [6.45, 7) is 13.0. The number of piperidine rings is 1. The Bertz CT molecular complexity index is 3180. The molecule has 4 aromatic carbocycles. The number of hydrogen-bond acceptors (Lipinski definition) is 9. The molecule has 2 saturated heterocycles. The van der Waals surface area contributed by atoms with Crippen molar-refractivity contribution in [2.75, 3.05) is 64.4 Å². The van der Waals surface area contributed by atoms with Gasteiger partial charge in [0.2, 0.25) is 5.91 Å². The number of fused-ring (bicyclic) bond motifs is 2. The molecular weight excluding hydrogens is 948 g/mol. The summed E-state index contributed by atoms with van der Waals surface area (Å²) >= 11 is 0. The van der Waals surface area contributed by atoms with Crippen LogP contribution in [0, 0.1) is 31.0 Å². The molecule has 2 aromatic heterocycles. The van der Waals surface area contributed by atoms with Crippen LogP contribution in [-0.2, 0) is 56.0 Å². The summed E-state index contributed by atoms with van der Waals surface area (Å²) in [6.07, 6.45) is 4.47. The number of halogens is 1. The van der Waals surface area contributed by atoms with Crippen molar-refractivity contribution >= 4 is 23.4 Å². The van der Waals surface area contributed by atoms with Crippen molar-refractivity contribution in [3.63, 3.8) is 0 Å². The number of morpholine rings is 1. The van der Waals surface area contributed by atoms with Crippen molar-refractivity contribution in [3.8, 4) is 40.0 Å². The van der Waals surface area contributed by atoms with Crippen molar-refractivity contribution in [1.29, 1.82) is 5.26 Å². The van der Waals surface area contributed by atoms with E-state index in [-0.39, 0.29) is 54.1 Å². The van der Waals surface area contributed by atoms with Crippen molar-refractivity contribution in [2.45, 2.75) is 84.5 Å². The van der Waals surface area contributed by atoms with Crippen molar-refractivity contribution in [1.82, 2.24) is 28.7 Å². The van der Waals surface area contributed by atoms with Gasteiger partial charge in [0.25, 0.3) is 11.8 Å². The number of hydrogen-bond donors (Lipinski definition) is 2. The number of nitriles is 1. The molecule has 3 amide bonds. The first-order chi connectivity index (χ1) is 36.3. The molecule has 0 aliphatic carbocycles. The maximum absolute atomic E-state index is 16.1. The van der Waals surface area contributed by atoms with E-state index in [2.05, 4.69) is 52.4 Å². The van der Waals surface area contributed by atoms with Gasteiger partial charge in [-0.15, -0.1) is 0 Å². The number of rotatable bonds is 13. The number of benzene rings is 4. The standard InChI is InChI=1S/C60H67FN8O6/c1-38(67-23-25-74-26-24-67)37-75-50-18-13-43(54(61)32-50)30-55(71)68-22-19-42-28-52(53(29-45(42)34-68)60(73)69-35-44-12-8-7-11-41(44)27-48(69)36-66-20-9-6-10-21-66)58-57(51-31-47(33-62)64(4)39(51)2)56(40(3)65(58)5)59(72)63-46-14-16-49(70)17-15-46/h7-8,11-18,28-29,31-32,38,48,70H,6,9-10,19-27,30,34-37H2,1-5H3,(H,63,72)/t38-,48-/m0/s1. The number of aromatic nitrogens is 2. The Balaban J connectivity index is 1.04. The molecule has 4 aliphatic heterocycles. The van der Waals surface area contributed by atoms with Gasteiger partial charge >= 0.3 is 0 Å². The second kappa shape index (κ2) is 21.9. The highest BCUT2D eigenvalue weighted by molar-refractivity contribution is 6.14. The van der Waals surface area contributed by atoms with Crippen molar-refractivity contribution in [3.05, 3.63) is 147 Å². The van der Waals surface area contributed by atoms with Crippen LogP contribution >= 0.6 is 0 Å². The molecule has 0 bridgehead atoms. The minimum atomic E-state index is -0.502. The molecule has 2 fully saturated rings. The molecule has 4 aliphatic rings. The molecule has 0 saturated carbocycles. The monoisotopic (exact) mass is 1010 g/mol. The first kappa shape index (κ1) is 51.2. The minimum absolute atomic E-state index is 0.0680. The van der Waals surface area contributed by atoms with Crippen LogP contribution < -0.4 is 10.1 Å². The lowest BCUT2D eigenvalue weighted by molar-refractivity contribution is -0.131. The zero-order valence-electron chi connectivity index (χ0n) is 43.8. The highest BCUT2D eigenvalue weighted by Crippen LogP contribution is 2.44. The summed E-state index contributed by atoms with van der Waals surface area (Å²) < 4.78 is 31.1. The molecule has 15 heteroatoms. The molecule has 14 nitrogen and oxygen atoms in total. The molecule has 2 atom stereocenters. The second-order valence-electron chi connectivity index (χ2n) is 20.8. The molecule has 10 rings (SSSR count). The largest absolute Gasteiger partial charge is 0.508 e. The van der Waals surface area contributed by atoms with Gasteiger partial charge in [-0.25, -0.2) is 4.39 Å². The first-order valence-corrected chi connectivity index (χ1v) is 26.4. The van der Waals surface area contributed by atoms with Crippen LogP contribution in [0.4, 0.5) is 10.1 Å². The van der Waals surface area contributed by atoms with Crippen LogP contribution in [0.2, 0.25) is 0 Å². The summed E-state index contributed by atoms with van der Waals surface area (Å²) in [4.78, 5) is 53.7. The van der Waals surface area contributed by atoms with Crippen LogP contribution in [0.3, 0.4) is 0 Å². The number of carbonyl (C=O) groups excluding carboxylic acids is 3. The summed E-state index contributed by atoms with van der Waals surface area (Å²) in [6, 6.07) is 27.5. The number of carbonyl (C=O) groups is 3. The van der Waals surface area contributed by atoms with E-state index in [0.717, 1.165) is 67.9 Å². The minimum Gasteiger partial charge on any atom is -0.508 e. The molecule has 0 spiro atoms. The van der Waals surface area contributed by atoms with Gasteiger partial charge in [0.05, 0.1) is 30.9 Å². The van der Waals surface area contributed by atoms with Crippen molar-refractivity contribution < 1.29 is 33.4 Å². The number of likely N-dealkylation sites (tertiary alicyclic amines) is 1. The number of ether oxygens (including phenoxy) is 2. The molecule has 0 radical (unpaired) electrons. The van der Waals surface area contributed by atoms with E-state index >= 15 is 9.18 Å². The van der Waals surface area contributed by atoms with Gasteiger partial charge in [-0.1, -0.05) is 36.8 Å². The van der Waals surface area contributed by atoms with Crippen LogP contribution in [0.1, 0.15) is 91.8 Å². The van der Waals surface area contributed by atoms with Crippen LogP contribution in [0.5, 0.6) is 11.5 Å². The highest BCUT2D eigenvalue weighted by Gasteiger charge is 2.37. The second-order valence-corrected chi connectivity index (χ2v) is 20.8. The van der Waals surface area contributed by atoms with E-state index in [9.17, 15) is 20.0 Å². The van der Waals surface area contributed by atoms with E-state index in [0.29, 0.717) is 102 Å². The zero-order valence-corrected chi connectivity index (χ0v) is 43.8. The zero-order chi connectivity index (χ0) is 52.5. The number of aromatic hydroxyl groups is 1. The first-order valence-electron chi connectivity index (χ1n) is 26.4. The van der Waals surface area contributed by atoms with Gasteiger partial charge in [-0.05, 0) is 136 Å². The molecule has 390 valence electrons. The maximum atomic E-state index is 16.1. The number of phenols is 1. The Morgan fingerprint density at radius 3 is 2.31 bits per heavy atom. The average molecular weight is 1020 g/mol. The third kappa shape index (κ3) is 10.6. The summed E-state index contributed by atoms with van der Waals surface area (Å²) in [7, 11) is 3.73. The van der Waals surface area contributed by atoms with E-state index < -0.39 is 5.82 Å². The van der Waals surface area contributed by atoms with Gasteiger partial charge in [0, 0.05) is 111 Å². The number of phenolic OH excluding ortho intramolecular Hbond substituents is 1. The van der Waals surface area contributed by atoms with Gasteiger partial charge in [0.15, 0.2) is 0 Å².